The Morgan fingerprint density at radius 1 is 1.43 bits per heavy atom. The van der Waals surface area contributed by atoms with Crippen LogP contribution in [0.3, 0.4) is 0 Å². The molecule has 0 radical (unpaired) electrons. The molecule has 0 unspecified atom stereocenters. The summed E-state index contributed by atoms with van der Waals surface area (Å²) in [6.45, 7) is 0.382. The summed E-state index contributed by atoms with van der Waals surface area (Å²) in [5.41, 5.74) is 0.856. The van der Waals surface area contributed by atoms with E-state index in [9.17, 15) is 9.59 Å². The molecule has 0 aromatic carbocycles. The normalized spacial score (nSPS) is 10.9. The topological polar surface area (TPSA) is 88.3 Å². The molecule has 0 atom stereocenters. The van der Waals surface area contributed by atoms with E-state index in [0.717, 1.165) is 17.8 Å². The molecule has 110 valence electrons. The lowest BCUT2D eigenvalue weighted by atomic mass is 10.3. The van der Waals surface area contributed by atoms with Crippen LogP contribution in [0.2, 0.25) is 0 Å². The number of aryl methyl sites for hydroxylation is 1. The lowest BCUT2D eigenvalue weighted by molar-refractivity contribution is -0.131. The van der Waals surface area contributed by atoms with Crippen molar-refractivity contribution in [1.29, 1.82) is 0 Å². The van der Waals surface area contributed by atoms with E-state index in [2.05, 4.69) is 9.97 Å². The molecular formula is C13H14N4O3S. The Morgan fingerprint density at radius 3 is 2.81 bits per heavy atom. The zero-order valence-electron chi connectivity index (χ0n) is 11.3. The van der Waals surface area contributed by atoms with Gasteiger partial charge in [-0.15, -0.1) is 11.3 Å². The molecule has 2 heterocycles. The van der Waals surface area contributed by atoms with Gasteiger partial charge in [-0.3, -0.25) is 9.69 Å². The van der Waals surface area contributed by atoms with Crippen molar-refractivity contribution in [3.05, 3.63) is 41.9 Å². The van der Waals surface area contributed by atoms with Gasteiger partial charge in [0.15, 0.2) is 5.13 Å². The van der Waals surface area contributed by atoms with Crippen molar-refractivity contribution in [2.45, 2.75) is 6.42 Å². The maximum absolute atomic E-state index is 12.1. The predicted molar refractivity (Wildman–Crippen MR) is 78.2 cm³/mol. The van der Waals surface area contributed by atoms with E-state index < -0.39 is 11.9 Å². The van der Waals surface area contributed by atoms with Crippen molar-refractivity contribution in [2.75, 3.05) is 11.4 Å². The lowest BCUT2D eigenvalue weighted by Gasteiger charge is -2.17. The predicted octanol–water partition coefficient (Wildman–Crippen LogP) is 1.09. The fourth-order valence-corrected chi connectivity index (χ4v) is 2.38. The van der Waals surface area contributed by atoms with Gasteiger partial charge in [0.25, 0.3) is 5.91 Å². The van der Waals surface area contributed by atoms with Gasteiger partial charge in [0.05, 0.1) is 12.0 Å². The van der Waals surface area contributed by atoms with E-state index in [0.29, 0.717) is 18.1 Å². The van der Waals surface area contributed by atoms with Gasteiger partial charge >= 0.3 is 5.97 Å². The molecule has 21 heavy (non-hydrogen) atoms. The second-order valence-corrected chi connectivity index (χ2v) is 5.13. The van der Waals surface area contributed by atoms with Gasteiger partial charge in [-0.05, 0) is 0 Å². The molecule has 1 N–H and O–H groups in total. The quantitative estimate of drug-likeness (QED) is 0.807. The van der Waals surface area contributed by atoms with Crippen LogP contribution in [0.15, 0.2) is 36.3 Å². The summed E-state index contributed by atoms with van der Waals surface area (Å²) in [5.74, 6) is -1.57. The number of thiazole rings is 1. The van der Waals surface area contributed by atoms with Crippen LogP contribution in [-0.4, -0.2) is 38.1 Å². The minimum Gasteiger partial charge on any atom is -0.478 e. The molecule has 7 nitrogen and oxygen atoms in total. The minimum atomic E-state index is -1.16. The fourth-order valence-electron chi connectivity index (χ4n) is 1.70. The lowest BCUT2D eigenvalue weighted by Crippen LogP contribution is -2.31. The maximum Gasteiger partial charge on any atom is 0.328 e. The number of anilines is 1. The van der Waals surface area contributed by atoms with Crippen molar-refractivity contribution in [2.24, 2.45) is 7.05 Å². The summed E-state index contributed by atoms with van der Waals surface area (Å²) in [5, 5.41) is 10.9. The third-order valence-electron chi connectivity index (χ3n) is 2.63. The number of imidazole rings is 1. The number of carboxylic acids is 1. The summed E-state index contributed by atoms with van der Waals surface area (Å²) >= 11 is 1.32. The van der Waals surface area contributed by atoms with Gasteiger partial charge in [-0.25, -0.2) is 14.8 Å². The van der Waals surface area contributed by atoms with Gasteiger partial charge < -0.3 is 9.67 Å². The van der Waals surface area contributed by atoms with Gasteiger partial charge in [-0.2, -0.15) is 0 Å². The number of carbonyl (C=O) groups excluding carboxylic acids is 1. The number of hydrogen-bond donors (Lipinski definition) is 1. The number of aliphatic carboxylic acids is 1. The van der Waals surface area contributed by atoms with Gasteiger partial charge in [0, 0.05) is 49.9 Å². The largest absolute Gasteiger partial charge is 0.478 e. The molecule has 2 rings (SSSR count). The molecule has 0 saturated carbocycles. The van der Waals surface area contributed by atoms with Crippen LogP contribution in [-0.2, 0) is 23.1 Å². The average Bonchev–Trinajstić information content (AvgIpc) is 3.08. The van der Waals surface area contributed by atoms with E-state index in [1.165, 1.54) is 16.2 Å². The van der Waals surface area contributed by atoms with Crippen LogP contribution in [0.25, 0.3) is 0 Å². The number of carbonyl (C=O) groups is 2. The van der Waals surface area contributed by atoms with Crippen molar-refractivity contribution in [3.63, 3.8) is 0 Å². The highest BCUT2D eigenvalue weighted by atomic mass is 32.1. The Hall–Kier alpha value is -2.48. The summed E-state index contributed by atoms with van der Waals surface area (Å²) in [6, 6.07) is 0. The molecule has 0 aliphatic carbocycles. The summed E-state index contributed by atoms with van der Waals surface area (Å²) in [4.78, 5) is 32.3. The second-order valence-electron chi connectivity index (χ2n) is 4.26. The molecule has 1 amide bonds. The molecule has 0 aliphatic rings. The first-order valence-electron chi connectivity index (χ1n) is 6.15. The van der Waals surface area contributed by atoms with E-state index in [1.807, 2.05) is 17.8 Å². The van der Waals surface area contributed by atoms with Crippen LogP contribution < -0.4 is 4.90 Å². The first-order valence-corrected chi connectivity index (χ1v) is 7.03. The minimum absolute atomic E-state index is 0.382. The zero-order chi connectivity index (χ0) is 15.2. The molecule has 0 fully saturated rings. The Kier molecular flexibility index (Phi) is 4.83. The molecular weight excluding hydrogens is 292 g/mol. The summed E-state index contributed by atoms with van der Waals surface area (Å²) in [6.07, 6.45) is 7.58. The SMILES string of the molecule is Cn1cnc(CCN(C(=O)/C=C/C(=O)O)c2nccs2)c1. The van der Waals surface area contributed by atoms with Crippen LogP contribution in [0.5, 0.6) is 0 Å². The summed E-state index contributed by atoms with van der Waals surface area (Å²) in [7, 11) is 1.87. The highest BCUT2D eigenvalue weighted by molar-refractivity contribution is 7.13. The number of rotatable bonds is 6. The number of amides is 1. The molecule has 8 heteroatoms. The number of hydrogen-bond acceptors (Lipinski definition) is 5. The van der Waals surface area contributed by atoms with Crippen molar-refractivity contribution in [3.8, 4) is 0 Å². The fraction of sp³-hybridized carbons (Fsp3) is 0.231. The first kappa shape index (κ1) is 14.9. The number of aromatic nitrogens is 3. The monoisotopic (exact) mass is 306 g/mol. The molecule has 0 bridgehead atoms. The zero-order valence-corrected chi connectivity index (χ0v) is 12.2. The summed E-state index contributed by atoms with van der Waals surface area (Å²) < 4.78 is 1.83. The second kappa shape index (κ2) is 6.80. The van der Waals surface area contributed by atoms with E-state index in [4.69, 9.17) is 5.11 Å². The van der Waals surface area contributed by atoms with Crippen molar-refractivity contribution in [1.82, 2.24) is 14.5 Å². The number of nitrogens with zero attached hydrogens (tertiary/aromatic N) is 4. The Labute approximate surface area is 125 Å². The highest BCUT2D eigenvalue weighted by Gasteiger charge is 2.16. The van der Waals surface area contributed by atoms with Gasteiger partial charge in [0.1, 0.15) is 0 Å². The van der Waals surface area contributed by atoms with Gasteiger partial charge in [0.2, 0.25) is 0 Å². The molecule has 0 spiro atoms. The number of carboxylic acid groups (broad SMARTS) is 1. The molecule has 2 aromatic rings. The van der Waals surface area contributed by atoms with E-state index >= 15 is 0 Å². The van der Waals surface area contributed by atoms with E-state index in [1.54, 1.807) is 17.9 Å². The van der Waals surface area contributed by atoms with Crippen LogP contribution >= 0.6 is 11.3 Å². The average molecular weight is 306 g/mol. The van der Waals surface area contributed by atoms with Gasteiger partial charge in [-0.1, -0.05) is 0 Å². The Balaban J connectivity index is 2.09. The van der Waals surface area contributed by atoms with E-state index in [-0.39, 0.29) is 0 Å². The first-order chi connectivity index (χ1) is 10.1. The highest BCUT2D eigenvalue weighted by Crippen LogP contribution is 2.18. The Morgan fingerprint density at radius 2 is 2.24 bits per heavy atom. The molecule has 0 saturated heterocycles. The van der Waals surface area contributed by atoms with Crippen LogP contribution in [0.4, 0.5) is 5.13 Å². The van der Waals surface area contributed by atoms with Crippen molar-refractivity contribution >= 4 is 28.3 Å². The molecule has 0 aliphatic heterocycles. The Bertz CT molecular complexity index is 648. The maximum atomic E-state index is 12.1. The third kappa shape index (κ3) is 4.25. The van der Waals surface area contributed by atoms with Crippen LogP contribution in [0, 0.1) is 0 Å². The van der Waals surface area contributed by atoms with Crippen LogP contribution in [0.1, 0.15) is 5.69 Å². The van der Waals surface area contributed by atoms with Crippen molar-refractivity contribution < 1.29 is 14.7 Å². The standard InChI is InChI=1S/C13H14N4O3S/c1-16-8-10(15-9-16)4-6-17(13-14-5-7-21-13)11(18)2-3-12(19)20/h2-3,5,7-9H,4,6H2,1H3,(H,19,20)/b3-2+. The molecule has 2 aromatic heterocycles. The smallest absolute Gasteiger partial charge is 0.328 e. The third-order valence-corrected chi connectivity index (χ3v) is 3.43.